The second-order valence-corrected chi connectivity index (χ2v) is 6.97. The van der Waals surface area contributed by atoms with Crippen LogP contribution < -0.4 is 4.90 Å². The van der Waals surface area contributed by atoms with E-state index < -0.39 is 0 Å². The zero-order chi connectivity index (χ0) is 14.3. The fourth-order valence-corrected chi connectivity index (χ4v) is 2.89. The van der Waals surface area contributed by atoms with Crippen LogP contribution in [-0.4, -0.2) is 43.1 Å². The highest BCUT2D eigenvalue weighted by Crippen LogP contribution is 2.31. The first-order chi connectivity index (χ1) is 9.45. The Labute approximate surface area is 121 Å². The van der Waals surface area contributed by atoms with Gasteiger partial charge in [0.2, 0.25) is 0 Å². The second-order valence-electron chi connectivity index (χ2n) is 6.97. The van der Waals surface area contributed by atoms with Gasteiger partial charge in [-0.25, -0.2) is 0 Å². The molecule has 1 fully saturated rings. The van der Waals surface area contributed by atoms with Crippen molar-refractivity contribution in [2.45, 2.75) is 26.2 Å². The smallest absolute Gasteiger partial charge is 0.0624 e. The van der Waals surface area contributed by atoms with Gasteiger partial charge in [-0.3, -0.25) is 0 Å². The molecule has 1 aromatic carbocycles. The van der Waals surface area contributed by atoms with Crippen molar-refractivity contribution < 1.29 is 0 Å². The molecule has 2 heterocycles. The van der Waals surface area contributed by atoms with Gasteiger partial charge in [-0.1, -0.05) is 32.9 Å². The molecular weight excluding hydrogens is 246 g/mol. The number of piperazine rings is 1. The summed E-state index contributed by atoms with van der Waals surface area (Å²) < 4.78 is 0. The predicted molar refractivity (Wildman–Crippen MR) is 86.7 cm³/mol. The minimum Gasteiger partial charge on any atom is -0.367 e. The van der Waals surface area contributed by atoms with Crippen LogP contribution in [0.5, 0.6) is 0 Å². The summed E-state index contributed by atoms with van der Waals surface area (Å²) >= 11 is 0. The summed E-state index contributed by atoms with van der Waals surface area (Å²) in [6.45, 7) is 11.3. The molecule has 0 atom stereocenters. The minimum absolute atomic E-state index is 0.202. The van der Waals surface area contributed by atoms with Gasteiger partial charge in [-0.05, 0) is 24.1 Å². The summed E-state index contributed by atoms with van der Waals surface area (Å²) in [6.07, 6.45) is 2.17. The average molecular weight is 271 g/mol. The Bertz CT molecular complexity index is 598. The zero-order valence-electron chi connectivity index (χ0n) is 13.0. The Balaban J connectivity index is 1.94. The molecule has 108 valence electrons. The largest absolute Gasteiger partial charge is 0.367 e. The monoisotopic (exact) mass is 271 g/mol. The first-order valence-electron chi connectivity index (χ1n) is 7.50. The minimum atomic E-state index is 0.202. The van der Waals surface area contributed by atoms with E-state index in [-0.39, 0.29) is 5.41 Å². The molecule has 3 nitrogen and oxygen atoms in total. The number of anilines is 1. The van der Waals surface area contributed by atoms with Crippen LogP contribution in [0, 0.1) is 0 Å². The number of nitrogens with one attached hydrogen (secondary N) is 1. The van der Waals surface area contributed by atoms with Gasteiger partial charge in [-0.2, -0.15) is 0 Å². The SMILES string of the molecule is CN1CCN(c2c[nH]c3cc(C(C)(C)C)ccc23)CC1. The molecule has 1 aliphatic heterocycles. The molecule has 3 rings (SSSR count). The van der Waals surface area contributed by atoms with Crippen LogP contribution >= 0.6 is 0 Å². The van der Waals surface area contributed by atoms with Gasteiger partial charge in [0.15, 0.2) is 0 Å². The first kappa shape index (κ1) is 13.5. The van der Waals surface area contributed by atoms with Crippen LogP contribution in [0.1, 0.15) is 26.3 Å². The maximum absolute atomic E-state index is 3.45. The van der Waals surface area contributed by atoms with Crippen LogP contribution in [0.4, 0.5) is 5.69 Å². The van der Waals surface area contributed by atoms with Crippen LogP contribution in [-0.2, 0) is 5.41 Å². The van der Waals surface area contributed by atoms with Crippen molar-refractivity contribution in [2.75, 3.05) is 38.1 Å². The van der Waals surface area contributed by atoms with E-state index in [0.29, 0.717) is 0 Å². The summed E-state index contributed by atoms with van der Waals surface area (Å²) in [5, 5.41) is 1.35. The van der Waals surface area contributed by atoms with E-state index in [0.717, 1.165) is 26.2 Å². The fraction of sp³-hybridized carbons (Fsp3) is 0.529. The lowest BCUT2D eigenvalue weighted by molar-refractivity contribution is 0.313. The Morgan fingerprint density at radius 2 is 1.75 bits per heavy atom. The number of hydrogen-bond acceptors (Lipinski definition) is 2. The van der Waals surface area contributed by atoms with Crippen LogP contribution in [0.25, 0.3) is 10.9 Å². The molecule has 1 aromatic heterocycles. The number of likely N-dealkylation sites (N-methyl/N-ethyl adjacent to an activating group) is 1. The Hall–Kier alpha value is -1.48. The Morgan fingerprint density at radius 1 is 1.05 bits per heavy atom. The number of nitrogens with zero attached hydrogens (tertiary/aromatic N) is 2. The molecule has 0 radical (unpaired) electrons. The fourth-order valence-electron chi connectivity index (χ4n) is 2.89. The highest BCUT2D eigenvalue weighted by Gasteiger charge is 2.19. The topological polar surface area (TPSA) is 22.3 Å². The van der Waals surface area contributed by atoms with E-state index >= 15 is 0 Å². The highest BCUT2D eigenvalue weighted by molar-refractivity contribution is 5.93. The predicted octanol–water partition coefficient (Wildman–Crippen LogP) is 3.22. The van der Waals surface area contributed by atoms with Gasteiger partial charge in [0, 0.05) is 43.3 Å². The second kappa shape index (κ2) is 4.81. The lowest BCUT2D eigenvalue weighted by Crippen LogP contribution is -2.44. The molecule has 0 bridgehead atoms. The molecule has 1 saturated heterocycles. The highest BCUT2D eigenvalue weighted by atomic mass is 15.2. The molecule has 1 aliphatic rings. The van der Waals surface area contributed by atoms with E-state index in [2.05, 4.69) is 67.0 Å². The van der Waals surface area contributed by atoms with Crippen LogP contribution in [0.2, 0.25) is 0 Å². The molecule has 2 aromatic rings. The maximum atomic E-state index is 3.45. The van der Waals surface area contributed by atoms with Crippen molar-refractivity contribution >= 4 is 16.6 Å². The van der Waals surface area contributed by atoms with E-state index in [1.807, 2.05) is 0 Å². The molecule has 0 spiro atoms. The van der Waals surface area contributed by atoms with Crippen molar-refractivity contribution in [3.05, 3.63) is 30.0 Å². The molecule has 0 unspecified atom stereocenters. The van der Waals surface area contributed by atoms with E-state index in [1.54, 1.807) is 0 Å². The molecule has 1 N–H and O–H groups in total. The Kier molecular flexibility index (Phi) is 3.25. The summed E-state index contributed by atoms with van der Waals surface area (Å²) in [5.41, 5.74) is 4.20. The zero-order valence-corrected chi connectivity index (χ0v) is 13.0. The van der Waals surface area contributed by atoms with Crippen molar-refractivity contribution in [3.8, 4) is 0 Å². The number of aromatic nitrogens is 1. The van der Waals surface area contributed by atoms with Gasteiger partial charge >= 0.3 is 0 Å². The van der Waals surface area contributed by atoms with E-state index in [1.165, 1.54) is 22.2 Å². The lowest BCUT2D eigenvalue weighted by Gasteiger charge is -2.33. The molecule has 20 heavy (non-hydrogen) atoms. The molecule has 3 heteroatoms. The summed E-state index contributed by atoms with van der Waals surface area (Å²) in [7, 11) is 2.20. The third kappa shape index (κ3) is 2.42. The molecule has 0 aliphatic carbocycles. The van der Waals surface area contributed by atoms with Gasteiger partial charge in [0.05, 0.1) is 5.69 Å². The number of aromatic amines is 1. The number of rotatable bonds is 1. The summed E-state index contributed by atoms with van der Waals surface area (Å²) in [5.74, 6) is 0. The summed E-state index contributed by atoms with van der Waals surface area (Å²) in [6, 6.07) is 6.85. The third-order valence-electron chi connectivity index (χ3n) is 4.37. The molecule has 0 amide bonds. The van der Waals surface area contributed by atoms with Crippen molar-refractivity contribution in [2.24, 2.45) is 0 Å². The standard InChI is InChI=1S/C17H25N3/c1-17(2,3)13-5-6-14-15(11-13)18-12-16(14)20-9-7-19(4)8-10-20/h5-6,11-12,18H,7-10H2,1-4H3. The average Bonchev–Trinajstić information content (AvgIpc) is 2.81. The maximum Gasteiger partial charge on any atom is 0.0624 e. The van der Waals surface area contributed by atoms with E-state index in [9.17, 15) is 0 Å². The normalized spacial score (nSPS) is 17.9. The van der Waals surface area contributed by atoms with Crippen molar-refractivity contribution in [1.29, 1.82) is 0 Å². The quantitative estimate of drug-likeness (QED) is 0.860. The van der Waals surface area contributed by atoms with Gasteiger partial charge in [0.25, 0.3) is 0 Å². The lowest BCUT2D eigenvalue weighted by atomic mass is 9.86. The van der Waals surface area contributed by atoms with Gasteiger partial charge < -0.3 is 14.8 Å². The third-order valence-corrected chi connectivity index (χ3v) is 4.37. The first-order valence-corrected chi connectivity index (χ1v) is 7.50. The number of H-pyrrole nitrogens is 1. The van der Waals surface area contributed by atoms with Crippen LogP contribution in [0.3, 0.4) is 0 Å². The number of benzene rings is 1. The van der Waals surface area contributed by atoms with Crippen molar-refractivity contribution in [3.63, 3.8) is 0 Å². The molecule has 0 saturated carbocycles. The number of fused-ring (bicyclic) bond motifs is 1. The van der Waals surface area contributed by atoms with Crippen molar-refractivity contribution in [1.82, 2.24) is 9.88 Å². The number of hydrogen-bond donors (Lipinski definition) is 1. The molecular formula is C17H25N3. The summed E-state index contributed by atoms with van der Waals surface area (Å²) in [4.78, 5) is 8.34. The van der Waals surface area contributed by atoms with Gasteiger partial charge in [0.1, 0.15) is 0 Å². The van der Waals surface area contributed by atoms with E-state index in [4.69, 9.17) is 0 Å². The Morgan fingerprint density at radius 3 is 2.40 bits per heavy atom. The van der Waals surface area contributed by atoms with Crippen LogP contribution in [0.15, 0.2) is 24.4 Å². The van der Waals surface area contributed by atoms with Gasteiger partial charge in [-0.15, -0.1) is 0 Å².